The second-order valence-corrected chi connectivity index (χ2v) is 10.4. The van der Waals surface area contributed by atoms with Crippen molar-refractivity contribution in [2.24, 2.45) is 13.0 Å². The van der Waals surface area contributed by atoms with Gasteiger partial charge < -0.3 is 4.90 Å². The van der Waals surface area contributed by atoms with Gasteiger partial charge in [0, 0.05) is 7.05 Å². The van der Waals surface area contributed by atoms with Crippen molar-refractivity contribution in [2.45, 2.75) is 50.8 Å². The molecule has 1 saturated heterocycles. The Kier molecular flexibility index (Phi) is 6.81. The molecule has 0 spiro atoms. The molecule has 1 atom stereocenters. The van der Waals surface area contributed by atoms with E-state index in [9.17, 15) is 8.76 Å². The van der Waals surface area contributed by atoms with Crippen LogP contribution in [-0.4, -0.2) is 46.4 Å². The van der Waals surface area contributed by atoms with Gasteiger partial charge in [-0.2, -0.15) is 14.0 Å². The molecule has 1 fully saturated rings. The van der Waals surface area contributed by atoms with Gasteiger partial charge in [0.05, 0.1) is 18.4 Å². The van der Waals surface area contributed by atoms with E-state index in [-0.39, 0.29) is 0 Å². The van der Waals surface area contributed by atoms with Crippen LogP contribution in [0.2, 0.25) is 0 Å². The van der Waals surface area contributed by atoms with Crippen LogP contribution < -0.4 is 4.31 Å². The van der Waals surface area contributed by atoms with Crippen LogP contribution in [0.4, 0.5) is 5.69 Å². The van der Waals surface area contributed by atoms with Gasteiger partial charge in [0.1, 0.15) is 5.69 Å². The predicted octanol–water partition coefficient (Wildman–Crippen LogP) is 4.08. The van der Waals surface area contributed by atoms with Crippen molar-refractivity contribution in [2.75, 3.05) is 31.5 Å². The number of benzene rings is 1. The van der Waals surface area contributed by atoms with Crippen LogP contribution in [0.15, 0.2) is 29.2 Å². The highest BCUT2D eigenvalue weighted by molar-refractivity contribution is 7.99. The normalized spacial score (nSPS) is 18.0. The van der Waals surface area contributed by atoms with E-state index in [2.05, 4.69) is 17.0 Å². The molecule has 1 aliphatic rings. The van der Waals surface area contributed by atoms with Crippen LogP contribution >= 0.6 is 0 Å². The second-order valence-electron chi connectivity index (χ2n) is 8.42. The van der Waals surface area contributed by atoms with Gasteiger partial charge in [-0.25, -0.2) is 0 Å². The van der Waals surface area contributed by atoms with Gasteiger partial charge in [0.2, 0.25) is 4.90 Å². The zero-order valence-corrected chi connectivity index (χ0v) is 19.2. The van der Waals surface area contributed by atoms with Crippen molar-refractivity contribution in [3.8, 4) is 0 Å². The van der Waals surface area contributed by atoms with Crippen LogP contribution in [0.5, 0.6) is 0 Å². The average Bonchev–Trinajstić information content (AvgIpc) is 2.95. The minimum absolute atomic E-state index is 0.432. The summed E-state index contributed by atoms with van der Waals surface area (Å²) in [6.07, 6.45) is 6.09. The van der Waals surface area contributed by atoms with Crippen LogP contribution in [0.25, 0.3) is 0 Å². The first-order valence-electron chi connectivity index (χ1n) is 10.5. The third-order valence-electron chi connectivity index (χ3n) is 6.30. The van der Waals surface area contributed by atoms with Gasteiger partial charge in [-0.15, -0.1) is 0 Å². The van der Waals surface area contributed by atoms with E-state index < -0.39 is 10.4 Å². The molecule has 0 bridgehead atoms. The summed E-state index contributed by atoms with van der Waals surface area (Å²) in [7, 11) is 2.35. The van der Waals surface area contributed by atoms with Crippen molar-refractivity contribution in [1.82, 2.24) is 14.7 Å². The largest absolute Gasteiger partial charge is 0.348 e. The average molecular weight is 420 g/mol. The molecule has 2 heterocycles. The Balaban J connectivity index is 1.62. The standard InChI is InChI=1S/C22H34N4O2S/c1-17-22(18(2)25(4)23-17)26(5)29(27,28)21-11-9-19(10-12-21)7-6-8-20-13-15-24(3)16-14-20/h9-12,20H,6-8,13-16H2,1-5H3/p+1. The maximum absolute atomic E-state index is 13.2. The topological polar surface area (TPSA) is 61.6 Å². The third kappa shape index (κ3) is 4.90. The second kappa shape index (κ2) is 8.98. The molecule has 0 radical (unpaired) electrons. The van der Waals surface area contributed by atoms with E-state index in [0.29, 0.717) is 10.6 Å². The first-order valence-corrected chi connectivity index (χ1v) is 12.0. The number of hydrogen-bond donors (Lipinski definition) is 1. The molecule has 1 aromatic heterocycles. The number of aryl methyl sites for hydroxylation is 3. The zero-order valence-electron chi connectivity index (χ0n) is 18.4. The quantitative estimate of drug-likeness (QED) is 0.687. The molecular formula is C22H35N4O2S+. The molecule has 1 N–H and O–H groups in total. The number of hydrogen-bond acceptors (Lipinski definition) is 3. The van der Waals surface area contributed by atoms with Crippen molar-refractivity contribution >= 4 is 16.1 Å². The van der Waals surface area contributed by atoms with Gasteiger partial charge in [-0.3, -0.25) is 4.68 Å². The first-order chi connectivity index (χ1) is 13.7. The molecule has 1 unspecified atom stereocenters. The number of rotatable bonds is 7. The number of aromatic nitrogens is 2. The summed E-state index contributed by atoms with van der Waals surface area (Å²) in [5.74, 6) is 0.848. The minimum Gasteiger partial charge on any atom is -0.306 e. The summed E-state index contributed by atoms with van der Waals surface area (Å²) in [6.45, 7) is 6.21. The Bertz CT molecular complexity index is 870. The van der Waals surface area contributed by atoms with E-state index in [1.54, 1.807) is 23.9 Å². The number of anilines is 1. The highest BCUT2D eigenvalue weighted by Gasteiger charge is 2.38. The third-order valence-corrected chi connectivity index (χ3v) is 8.11. The van der Waals surface area contributed by atoms with E-state index in [1.165, 1.54) is 48.6 Å². The van der Waals surface area contributed by atoms with Crippen molar-refractivity contribution < 1.29 is 8.76 Å². The zero-order chi connectivity index (χ0) is 21.2. The molecule has 3 rings (SSSR count). The maximum Gasteiger partial charge on any atom is 0.348 e. The summed E-state index contributed by atoms with van der Waals surface area (Å²) in [5.41, 5.74) is 3.56. The summed E-state index contributed by atoms with van der Waals surface area (Å²) < 4.78 is 27.2. The number of nitrogens with zero attached hydrogens (tertiary/aromatic N) is 4. The fraction of sp³-hybridized carbons (Fsp3) is 0.591. The fourth-order valence-corrected chi connectivity index (χ4v) is 5.60. The lowest BCUT2D eigenvalue weighted by Gasteiger charge is -2.28. The lowest BCUT2D eigenvalue weighted by Crippen LogP contribution is -2.33. The number of likely N-dealkylation sites (tertiary alicyclic amines) is 1. The summed E-state index contributed by atoms with van der Waals surface area (Å²) >= 11 is 0. The smallest absolute Gasteiger partial charge is 0.306 e. The van der Waals surface area contributed by atoms with Crippen LogP contribution in [0.3, 0.4) is 0 Å². The van der Waals surface area contributed by atoms with Crippen LogP contribution in [0.1, 0.15) is 42.6 Å². The van der Waals surface area contributed by atoms with Crippen molar-refractivity contribution in [3.63, 3.8) is 0 Å². The van der Waals surface area contributed by atoms with Gasteiger partial charge in [0.25, 0.3) is 0 Å². The van der Waals surface area contributed by atoms with Crippen LogP contribution in [0, 0.1) is 19.8 Å². The monoisotopic (exact) mass is 419 g/mol. The molecule has 0 saturated carbocycles. The summed E-state index contributed by atoms with van der Waals surface area (Å²) in [4.78, 5) is 2.84. The molecular weight excluding hydrogens is 384 g/mol. The molecule has 160 valence electrons. The minimum atomic E-state index is -3.36. The maximum atomic E-state index is 13.2. The first kappa shape index (κ1) is 22.0. The Hall–Kier alpha value is -1.70. The summed E-state index contributed by atoms with van der Waals surface area (Å²) in [5, 5.41) is 4.36. The molecule has 1 aromatic carbocycles. The molecule has 2 aromatic rings. The summed E-state index contributed by atoms with van der Waals surface area (Å²) in [6, 6.07) is 7.59. The Labute approximate surface area is 176 Å². The SMILES string of the molecule is Cc1nn(C)c(C)c1N(C)[S+](=O)(O)c1ccc(CCCC2CCN(C)CC2)cc1. The van der Waals surface area contributed by atoms with Gasteiger partial charge >= 0.3 is 10.4 Å². The Morgan fingerprint density at radius 3 is 2.34 bits per heavy atom. The lowest BCUT2D eigenvalue weighted by molar-refractivity contribution is 0.210. The van der Waals surface area contributed by atoms with E-state index in [4.69, 9.17) is 0 Å². The Morgan fingerprint density at radius 2 is 1.79 bits per heavy atom. The lowest BCUT2D eigenvalue weighted by atomic mass is 9.91. The highest BCUT2D eigenvalue weighted by Crippen LogP contribution is 2.31. The molecule has 7 heteroatoms. The fourth-order valence-electron chi connectivity index (χ4n) is 4.28. The van der Waals surface area contributed by atoms with Crippen molar-refractivity contribution in [1.29, 1.82) is 0 Å². The number of piperidine rings is 1. The highest BCUT2D eigenvalue weighted by atomic mass is 32.3. The van der Waals surface area contributed by atoms with Gasteiger partial charge in [-0.1, -0.05) is 18.6 Å². The van der Waals surface area contributed by atoms with Crippen molar-refractivity contribution in [3.05, 3.63) is 41.2 Å². The molecule has 29 heavy (non-hydrogen) atoms. The van der Waals surface area contributed by atoms with Gasteiger partial charge in [0.15, 0.2) is 0 Å². The molecule has 6 nitrogen and oxygen atoms in total. The van der Waals surface area contributed by atoms with Crippen LogP contribution in [-0.2, 0) is 28.1 Å². The molecule has 0 amide bonds. The van der Waals surface area contributed by atoms with E-state index in [1.807, 2.05) is 33.0 Å². The van der Waals surface area contributed by atoms with Gasteiger partial charge in [-0.05, 0) is 87.5 Å². The van der Waals surface area contributed by atoms with E-state index in [0.717, 1.165) is 23.7 Å². The molecule has 0 aliphatic carbocycles. The predicted molar refractivity (Wildman–Crippen MR) is 120 cm³/mol. The molecule has 1 aliphatic heterocycles. The Morgan fingerprint density at radius 1 is 1.17 bits per heavy atom. The van der Waals surface area contributed by atoms with E-state index >= 15 is 0 Å².